The third kappa shape index (κ3) is 3.69. The van der Waals surface area contributed by atoms with Gasteiger partial charge in [0.2, 0.25) is 0 Å². The minimum atomic E-state index is -4.37. The van der Waals surface area contributed by atoms with Crippen LogP contribution in [-0.2, 0) is 11.3 Å². The van der Waals surface area contributed by atoms with Gasteiger partial charge in [-0.25, -0.2) is 0 Å². The summed E-state index contributed by atoms with van der Waals surface area (Å²) in [6.45, 7) is 3.91. The molecule has 0 aliphatic heterocycles. The summed E-state index contributed by atoms with van der Waals surface area (Å²) in [7, 11) is -0.0679. The molecule has 0 saturated carbocycles. The van der Waals surface area contributed by atoms with E-state index in [4.69, 9.17) is 0 Å². The van der Waals surface area contributed by atoms with Crippen LogP contribution in [0.1, 0.15) is 37.8 Å². The van der Waals surface area contributed by atoms with E-state index in [1.165, 1.54) is 6.07 Å². The maximum atomic E-state index is 13.3. The number of halogens is 3. The third-order valence-corrected chi connectivity index (χ3v) is 6.39. The molecule has 5 heteroatoms. The van der Waals surface area contributed by atoms with Gasteiger partial charge in [0, 0.05) is 10.7 Å². The van der Waals surface area contributed by atoms with Crippen LogP contribution >= 0.6 is 8.58 Å². The minimum Gasteiger partial charge on any atom is -0.508 e. The number of hydrogen-bond acceptors (Lipinski definition) is 1. The maximum absolute atomic E-state index is 13.3. The molecule has 0 radical (unpaired) electrons. The molecule has 0 aliphatic carbocycles. The number of alkyl halides is 3. The van der Waals surface area contributed by atoms with E-state index in [2.05, 4.69) is 0 Å². The molecule has 2 rings (SSSR count). The standard InChI is InChI=1S/C18H20F3OP/c1-3-17(4-2,13-9-5-7-11-15(13)22)23-16-12-8-6-10-14(16)18(19,20)21/h5-12,22-23H,3-4H2,1-2H3. The van der Waals surface area contributed by atoms with E-state index in [0.717, 1.165) is 11.6 Å². The molecule has 0 aromatic heterocycles. The highest BCUT2D eigenvalue weighted by atomic mass is 31.1. The van der Waals surface area contributed by atoms with Gasteiger partial charge >= 0.3 is 6.18 Å². The number of benzene rings is 2. The van der Waals surface area contributed by atoms with Crippen LogP contribution in [0.15, 0.2) is 48.5 Å². The Balaban J connectivity index is 2.52. The molecular weight excluding hydrogens is 320 g/mol. The van der Waals surface area contributed by atoms with Crippen LogP contribution in [0, 0.1) is 0 Å². The van der Waals surface area contributed by atoms with Crippen molar-refractivity contribution in [2.75, 3.05) is 0 Å². The molecule has 2 aromatic rings. The molecule has 0 spiro atoms. The van der Waals surface area contributed by atoms with Gasteiger partial charge in [-0.3, -0.25) is 0 Å². The molecule has 0 heterocycles. The first-order chi connectivity index (χ1) is 10.8. The highest BCUT2D eigenvalue weighted by molar-refractivity contribution is 7.48. The molecule has 1 nitrogen and oxygen atoms in total. The predicted molar refractivity (Wildman–Crippen MR) is 89.8 cm³/mol. The Bertz CT molecular complexity index is 663. The van der Waals surface area contributed by atoms with E-state index < -0.39 is 16.9 Å². The van der Waals surface area contributed by atoms with Crippen LogP contribution in [0.2, 0.25) is 0 Å². The first-order valence-corrected chi connectivity index (χ1v) is 8.57. The van der Waals surface area contributed by atoms with Crippen molar-refractivity contribution in [3.05, 3.63) is 59.7 Å². The SMILES string of the molecule is CCC(CC)(Pc1ccccc1C(F)(F)F)c1ccccc1O. The lowest BCUT2D eigenvalue weighted by molar-refractivity contribution is -0.136. The Hall–Kier alpha value is -1.54. The Morgan fingerprint density at radius 2 is 1.39 bits per heavy atom. The summed E-state index contributed by atoms with van der Waals surface area (Å²) < 4.78 is 39.8. The second-order valence-corrected chi connectivity index (χ2v) is 7.22. The summed E-state index contributed by atoms with van der Waals surface area (Å²) in [6.07, 6.45) is -3.05. The Labute approximate surface area is 136 Å². The van der Waals surface area contributed by atoms with E-state index >= 15 is 0 Å². The second-order valence-electron chi connectivity index (χ2n) is 5.47. The van der Waals surface area contributed by atoms with Crippen molar-refractivity contribution in [2.45, 2.75) is 38.0 Å². The molecule has 0 saturated heterocycles. The fourth-order valence-electron chi connectivity index (χ4n) is 2.85. The molecular formula is C18H20F3OP. The molecule has 0 bridgehead atoms. The average molecular weight is 340 g/mol. The van der Waals surface area contributed by atoms with Crippen molar-refractivity contribution in [3.8, 4) is 5.75 Å². The van der Waals surface area contributed by atoms with Gasteiger partial charge in [-0.1, -0.05) is 58.8 Å². The van der Waals surface area contributed by atoms with E-state index in [9.17, 15) is 18.3 Å². The fraction of sp³-hybridized carbons (Fsp3) is 0.333. The monoisotopic (exact) mass is 340 g/mol. The van der Waals surface area contributed by atoms with Gasteiger partial charge in [0.1, 0.15) is 5.75 Å². The minimum absolute atomic E-state index is 0.0679. The van der Waals surface area contributed by atoms with Crippen LogP contribution in [0.25, 0.3) is 0 Å². The maximum Gasteiger partial charge on any atom is 0.417 e. The number of aromatic hydroxyl groups is 1. The average Bonchev–Trinajstić information content (AvgIpc) is 2.53. The Morgan fingerprint density at radius 3 is 1.91 bits per heavy atom. The summed E-state index contributed by atoms with van der Waals surface area (Å²) in [5, 5.41) is 10.0. The van der Waals surface area contributed by atoms with Gasteiger partial charge in [-0.05, 0) is 30.3 Å². The highest BCUT2D eigenvalue weighted by Crippen LogP contribution is 2.50. The lowest BCUT2D eigenvalue weighted by Crippen LogP contribution is -2.25. The zero-order valence-corrected chi connectivity index (χ0v) is 14.1. The van der Waals surface area contributed by atoms with Crippen LogP contribution in [0.4, 0.5) is 13.2 Å². The van der Waals surface area contributed by atoms with Gasteiger partial charge < -0.3 is 5.11 Å². The molecule has 1 unspecified atom stereocenters. The fourth-order valence-corrected chi connectivity index (χ4v) is 4.60. The van der Waals surface area contributed by atoms with Crippen molar-refractivity contribution >= 4 is 13.9 Å². The van der Waals surface area contributed by atoms with Crippen molar-refractivity contribution in [3.63, 3.8) is 0 Å². The zero-order chi connectivity index (χ0) is 17.1. The van der Waals surface area contributed by atoms with Gasteiger partial charge in [-0.2, -0.15) is 13.2 Å². The largest absolute Gasteiger partial charge is 0.508 e. The Kier molecular flexibility index (Phi) is 5.36. The highest BCUT2D eigenvalue weighted by Gasteiger charge is 2.37. The molecule has 124 valence electrons. The molecule has 0 fully saturated rings. The van der Waals surface area contributed by atoms with Crippen molar-refractivity contribution in [1.29, 1.82) is 0 Å². The lowest BCUT2D eigenvalue weighted by Gasteiger charge is -2.34. The first kappa shape index (κ1) is 17.8. The summed E-state index contributed by atoms with van der Waals surface area (Å²) in [5.41, 5.74) is 0.139. The molecule has 23 heavy (non-hydrogen) atoms. The number of para-hydroxylation sites is 1. The van der Waals surface area contributed by atoms with Gasteiger partial charge in [0.05, 0.1) is 5.56 Å². The van der Waals surface area contributed by atoms with Crippen molar-refractivity contribution in [2.24, 2.45) is 0 Å². The van der Waals surface area contributed by atoms with Gasteiger partial charge in [-0.15, -0.1) is 0 Å². The van der Waals surface area contributed by atoms with E-state index in [1.807, 2.05) is 26.0 Å². The molecule has 0 aliphatic rings. The van der Waals surface area contributed by atoms with E-state index in [1.54, 1.807) is 24.3 Å². The topological polar surface area (TPSA) is 20.2 Å². The van der Waals surface area contributed by atoms with Crippen LogP contribution in [0.3, 0.4) is 0 Å². The number of phenols is 1. The summed E-state index contributed by atoms with van der Waals surface area (Å²) in [6, 6.07) is 12.7. The molecule has 1 atom stereocenters. The van der Waals surface area contributed by atoms with Crippen LogP contribution in [0.5, 0.6) is 5.75 Å². The van der Waals surface area contributed by atoms with Crippen LogP contribution in [-0.4, -0.2) is 5.11 Å². The second kappa shape index (κ2) is 6.92. The third-order valence-electron chi connectivity index (χ3n) is 4.23. The first-order valence-electron chi connectivity index (χ1n) is 7.57. The number of rotatable bonds is 5. The molecule has 2 aromatic carbocycles. The molecule has 1 N–H and O–H groups in total. The van der Waals surface area contributed by atoms with Gasteiger partial charge in [0.15, 0.2) is 0 Å². The van der Waals surface area contributed by atoms with Gasteiger partial charge in [0.25, 0.3) is 0 Å². The van der Waals surface area contributed by atoms with E-state index in [-0.39, 0.29) is 14.3 Å². The lowest BCUT2D eigenvalue weighted by atomic mass is 9.92. The van der Waals surface area contributed by atoms with Crippen molar-refractivity contribution in [1.82, 2.24) is 0 Å². The number of hydrogen-bond donors (Lipinski definition) is 1. The van der Waals surface area contributed by atoms with Crippen LogP contribution < -0.4 is 5.30 Å². The Morgan fingerprint density at radius 1 is 0.870 bits per heavy atom. The summed E-state index contributed by atoms with van der Waals surface area (Å²) in [5.74, 6) is 0.146. The van der Waals surface area contributed by atoms with E-state index in [0.29, 0.717) is 18.1 Å². The zero-order valence-electron chi connectivity index (χ0n) is 13.1. The summed E-state index contributed by atoms with van der Waals surface area (Å²) >= 11 is 0. The smallest absolute Gasteiger partial charge is 0.417 e. The molecule has 0 amide bonds. The van der Waals surface area contributed by atoms with Crippen molar-refractivity contribution < 1.29 is 18.3 Å². The normalized spacial score (nSPS) is 12.9. The summed E-state index contributed by atoms with van der Waals surface area (Å²) in [4.78, 5) is 0. The quantitative estimate of drug-likeness (QED) is 0.720. The predicted octanol–water partition coefficient (Wildman–Crippen LogP) is 5.43. The number of phenolic OH excluding ortho intramolecular Hbond substituents is 1.